The first-order valence-electron chi connectivity index (χ1n) is 30.1. The summed E-state index contributed by atoms with van der Waals surface area (Å²) in [5.74, 6) is 0. The van der Waals surface area contributed by atoms with Crippen LogP contribution in [0.15, 0.2) is 309 Å². The molecule has 0 bridgehead atoms. The molecule has 0 N–H and O–H groups in total. The lowest BCUT2D eigenvalue weighted by molar-refractivity contribution is 1.24. The SMILES string of the molecule is c1ccc2cc(N(c3cc(N(c4ccc5ccccc5c4)c4ccc5ccc6cccc7ccc4c5c67)cc(N(c4ccc5ccccc5c4)c4ccc5ccc6cccc7ccc4c5c67)c3)c3ccc4ccc5cccc6ccc3c4c56)ccc2c1. The Labute approximate surface area is 501 Å². The molecule has 3 nitrogen and oxygen atoms in total. The summed E-state index contributed by atoms with van der Waals surface area (Å²) in [6, 6.07) is 116. The fourth-order valence-corrected chi connectivity index (χ4v) is 14.9. The molecule has 0 saturated heterocycles. The van der Waals surface area contributed by atoms with Gasteiger partial charge in [-0.15, -0.1) is 0 Å². The summed E-state index contributed by atoms with van der Waals surface area (Å²) < 4.78 is 0. The Morgan fingerprint density at radius 1 is 0.138 bits per heavy atom. The molecule has 0 saturated carbocycles. The number of hydrogen-bond donors (Lipinski definition) is 0. The molecule has 0 fully saturated rings. The second-order valence-electron chi connectivity index (χ2n) is 23.6. The van der Waals surface area contributed by atoms with Gasteiger partial charge in [-0.25, -0.2) is 0 Å². The maximum Gasteiger partial charge on any atom is 0.0540 e. The van der Waals surface area contributed by atoms with E-state index in [-0.39, 0.29) is 0 Å². The van der Waals surface area contributed by atoms with Crippen LogP contribution in [-0.2, 0) is 0 Å². The summed E-state index contributed by atoms with van der Waals surface area (Å²) in [6.45, 7) is 0. The number of hydrogen-bond acceptors (Lipinski definition) is 3. The van der Waals surface area contributed by atoms with Crippen LogP contribution in [0.2, 0.25) is 0 Å². The molecular formula is C84H51N3. The van der Waals surface area contributed by atoms with Gasteiger partial charge >= 0.3 is 0 Å². The second kappa shape index (κ2) is 18.5. The molecule has 0 spiro atoms. The standard InChI is InChI=1S/C84H51N3/c1-4-13-64-46-67(37-28-52(64)10-1)85(76-43-34-61-25-22-55-16-7-19-58-31-40-73(76)82(61)79(55)58)70-49-71(86(68-38-29-53-11-2-5-14-65(53)47-68)77-44-35-62-26-23-56-17-8-20-59-32-41-74(77)83(62)80(56)59)51-72(50-70)87(69-39-30-54-12-3-6-15-66(54)48-69)78-45-36-63-27-24-57-18-9-21-60-33-42-75(78)84(63)81(57)60/h1-51H. The minimum absolute atomic E-state index is 1.01. The lowest BCUT2D eigenvalue weighted by Crippen LogP contribution is -2.17. The van der Waals surface area contributed by atoms with Crippen molar-refractivity contribution in [3.63, 3.8) is 0 Å². The van der Waals surface area contributed by atoms with Gasteiger partial charge in [0.2, 0.25) is 0 Å². The van der Waals surface area contributed by atoms with Gasteiger partial charge in [-0.05, 0) is 186 Å². The first-order chi connectivity index (χ1) is 43.1. The van der Waals surface area contributed by atoms with Crippen molar-refractivity contribution in [3.05, 3.63) is 309 Å². The summed E-state index contributed by atoms with van der Waals surface area (Å²) in [7, 11) is 0. The lowest BCUT2D eigenvalue weighted by atomic mass is 9.92. The molecule has 87 heavy (non-hydrogen) atoms. The van der Waals surface area contributed by atoms with Crippen LogP contribution in [0.5, 0.6) is 0 Å². The Hall–Kier alpha value is -11.5. The van der Waals surface area contributed by atoms with Gasteiger partial charge in [0.05, 0.1) is 34.1 Å². The summed E-state index contributed by atoms with van der Waals surface area (Å²) in [5.41, 5.74) is 9.52. The predicted molar refractivity (Wildman–Crippen MR) is 374 cm³/mol. The molecule has 19 rings (SSSR count). The number of rotatable bonds is 9. The molecule has 0 radical (unpaired) electrons. The molecule has 402 valence electrons. The van der Waals surface area contributed by atoms with Crippen LogP contribution in [0.4, 0.5) is 51.2 Å². The quantitative estimate of drug-likeness (QED) is 0.133. The fraction of sp³-hybridized carbons (Fsp3) is 0. The molecule has 3 heteroatoms. The Morgan fingerprint density at radius 2 is 0.356 bits per heavy atom. The zero-order valence-corrected chi connectivity index (χ0v) is 47.3. The molecule has 0 atom stereocenters. The van der Waals surface area contributed by atoms with E-state index in [1.807, 2.05) is 0 Å². The van der Waals surface area contributed by atoms with Gasteiger partial charge in [-0.2, -0.15) is 0 Å². The monoisotopic (exact) mass is 1100 g/mol. The molecule has 0 aliphatic rings. The molecule has 19 aromatic carbocycles. The van der Waals surface area contributed by atoms with Crippen LogP contribution < -0.4 is 14.7 Å². The predicted octanol–water partition coefficient (Wildman–Crippen LogP) is 24.2. The van der Waals surface area contributed by atoms with Crippen molar-refractivity contribution in [1.29, 1.82) is 0 Å². The number of benzene rings is 19. The van der Waals surface area contributed by atoms with Gasteiger partial charge < -0.3 is 14.7 Å². The van der Waals surface area contributed by atoms with E-state index in [1.54, 1.807) is 0 Å². The van der Waals surface area contributed by atoms with E-state index < -0.39 is 0 Å². The summed E-state index contributed by atoms with van der Waals surface area (Å²) in [6.07, 6.45) is 0. The van der Waals surface area contributed by atoms with Crippen molar-refractivity contribution in [3.8, 4) is 0 Å². The maximum atomic E-state index is 2.54. The maximum absolute atomic E-state index is 2.54. The highest BCUT2D eigenvalue weighted by molar-refractivity contribution is 6.29. The van der Waals surface area contributed by atoms with Crippen molar-refractivity contribution in [1.82, 2.24) is 0 Å². The lowest BCUT2D eigenvalue weighted by Gasteiger charge is -2.34. The highest BCUT2D eigenvalue weighted by Gasteiger charge is 2.27. The van der Waals surface area contributed by atoms with E-state index in [2.05, 4.69) is 324 Å². The smallest absolute Gasteiger partial charge is 0.0540 e. The molecular weight excluding hydrogens is 1050 g/mol. The number of anilines is 9. The molecule has 0 aromatic heterocycles. The summed E-state index contributed by atoms with van der Waals surface area (Å²) >= 11 is 0. The van der Waals surface area contributed by atoms with Crippen molar-refractivity contribution in [2.75, 3.05) is 14.7 Å². The van der Waals surface area contributed by atoms with Crippen LogP contribution in [0.25, 0.3) is 129 Å². The minimum atomic E-state index is 1.01. The van der Waals surface area contributed by atoms with Crippen LogP contribution in [0.1, 0.15) is 0 Å². The average Bonchev–Trinajstić information content (AvgIpc) is 3.31. The Kier molecular flexibility index (Phi) is 10.2. The average molecular weight is 1100 g/mol. The Balaban J connectivity index is 0.968. The van der Waals surface area contributed by atoms with Crippen molar-refractivity contribution < 1.29 is 0 Å². The molecule has 0 aliphatic heterocycles. The molecule has 0 unspecified atom stereocenters. The van der Waals surface area contributed by atoms with Crippen molar-refractivity contribution in [2.45, 2.75) is 0 Å². The van der Waals surface area contributed by atoms with Crippen molar-refractivity contribution >= 4 is 180 Å². The third-order valence-electron chi connectivity index (χ3n) is 18.9. The zero-order chi connectivity index (χ0) is 56.8. The molecule has 0 heterocycles. The third-order valence-corrected chi connectivity index (χ3v) is 18.9. The van der Waals surface area contributed by atoms with E-state index in [0.717, 1.165) is 51.2 Å². The Bertz CT molecular complexity index is 5360. The third kappa shape index (κ3) is 7.30. The second-order valence-corrected chi connectivity index (χ2v) is 23.6. The van der Waals surface area contributed by atoms with Gasteiger partial charge in [0, 0.05) is 33.2 Å². The van der Waals surface area contributed by atoms with Gasteiger partial charge in [-0.1, -0.05) is 237 Å². The van der Waals surface area contributed by atoms with E-state index in [9.17, 15) is 0 Å². The topological polar surface area (TPSA) is 9.72 Å². The first-order valence-corrected chi connectivity index (χ1v) is 30.1. The zero-order valence-electron chi connectivity index (χ0n) is 47.3. The minimum Gasteiger partial charge on any atom is -0.310 e. The largest absolute Gasteiger partial charge is 0.310 e. The first kappa shape index (κ1) is 47.9. The van der Waals surface area contributed by atoms with E-state index in [1.165, 1.54) is 129 Å². The van der Waals surface area contributed by atoms with E-state index in [4.69, 9.17) is 0 Å². The van der Waals surface area contributed by atoms with Gasteiger partial charge in [0.25, 0.3) is 0 Å². The molecule has 19 aromatic rings. The summed E-state index contributed by atoms with van der Waals surface area (Å²) in [5, 5.41) is 29.4. The highest BCUT2D eigenvalue weighted by Crippen LogP contribution is 2.53. The van der Waals surface area contributed by atoms with Crippen LogP contribution in [0.3, 0.4) is 0 Å². The molecule has 0 aliphatic carbocycles. The fourth-order valence-electron chi connectivity index (χ4n) is 14.9. The van der Waals surface area contributed by atoms with Gasteiger partial charge in [-0.3, -0.25) is 0 Å². The Morgan fingerprint density at radius 3 is 0.644 bits per heavy atom. The highest BCUT2D eigenvalue weighted by atomic mass is 15.2. The van der Waals surface area contributed by atoms with Gasteiger partial charge in [0.1, 0.15) is 0 Å². The molecule has 0 amide bonds. The van der Waals surface area contributed by atoms with Crippen molar-refractivity contribution in [2.24, 2.45) is 0 Å². The normalized spacial score (nSPS) is 12.1. The van der Waals surface area contributed by atoms with E-state index in [0.29, 0.717) is 0 Å². The van der Waals surface area contributed by atoms with E-state index >= 15 is 0 Å². The number of fused-ring (bicyclic) bond motifs is 3. The van der Waals surface area contributed by atoms with Crippen LogP contribution in [-0.4, -0.2) is 0 Å². The summed E-state index contributed by atoms with van der Waals surface area (Å²) in [4.78, 5) is 7.62. The number of nitrogens with zero attached hydrogens (tertiary/aromatic N) is 3. The van der Waals surface area contributed by atoms with Crippen LogP contribution >= 0.6 is 0 Å². The van der Waals surface area contributed by atoms with Crippen LogP contribution in [0, 0.1) is 0 Å². The van der Waals surface area contributed by atoms with Gasteiger partial charge in [0.15, 0.2) is 0 Å².